The molecular weight excluding hydrogens is 154 g/mol. The summed E-state index contributed by atoms with van der Waals surface area (Å²) in [6.07, 6.45) is 1.66. The quantitative estimate of drug-likeness (QED) is 0.644. The molecule has 0 aromatic carbocycles. The van der Waals surface area contributed by atoms with Crippen molar-refractivity contribution in [3.63, 3.8) is 0 Å². The fourth-order valence-electron chi connectivity index (χ4n) is 1.09. The Morgan fingerprint density at radius 2 is 2.42 bits per heavy atom. The summed E-state index contributed by atoms with van der Waals surface area (Å²) < 4.78 is 0. The molecule has 0 bridgehead atoms. The predicted molar refractivity (Wildman–Crippen MR) is 44.6 cm³/mol. The van der Waals surface area contributed by atoms with Crippen molar-refractivity contribution in [3.8, 4) is 0 Å². The molecule has 1 amide bonds. The van der Waals surface area contributed by atoms with E-state index in [2.05, 4.69) is 9.97 Å². The minimum absolute atomic E-state index is 0.392. The molecule has 0 unspecified atom stereocenters. The highest BCUT2D eigenvalue weighted by Crippen LogP contribution is 2.10. The van der Waals surface area contributed by atoms with E-state index < -0.39 is 5.91 Å². The lowest BCUT2D eigenvalue weighted by Crippen LogP contribution is -2.10. The summed E-state index contributed by atoms with van der Waals surface area (Å²) in [5, 5.41) is 0.895. The van der Waals surface area contributed by atoms with Gasteiger partial charge >= 0.3 is 0 Å². The maximum atomic E-state index is 10.7. The second kappa shape index (κ2) is 2.34. The van der Waals surface area contributed by atoms with Gasteiger partial charge in [0.05, 0.1) is 0 Å². The fourth-order valence-corrected chi connectivity index (χ4v) is 1.09. The summed E-state index contributed by atoms with van der Waals surface area (Å²) in [5.74, 6) is -0.465. The lowest BCUT2D eigenvalue weighted by atomic mass is 10.3. The largest absolute Gasteiger partial charge is 0.364 e. The summed E-state index contributed by atoms with van der Waals surface area (Å²) in [5.41, 5.74) is 6.16. The van der Waals surface area contributed by atoms with E-state index >= 15 is 0 Å². The zero-order chi connectivity index (χ0) is 8.55. The summed E-state index contributed by atoms with van der Waals surface area (Å²) >= 11 is 0. The lowest BCUT2D eigenvalue weighted by Gasteiger charge is -1.84. The van der Waals surface area contributed by atoms with E-state index in [-0.39, 0.29) is 0 Å². The van der Waals surface area contributed by atoms with Crippen molar-refractivity contribution in [3.05, 3.63) is 30.1 Å². The smallest absolute Gasteiger partial charge is 0.265 e. The van der Waals surface area contributed by atoms with Crippen LogP contribution in [0.5, 0.6) is 0 Å². The number of primary amides is 1. The van der Waals surface area contributed by atoms with E-state index in [1.807, 2.05) is 6.07 Å². The van der Waals surface area contributed by atoms with Crippen molar-refractivity contribution in [2.45, 2.75) is 0 Å². The van der Waals surface area contributed by atoms with Gasteiger partial charge in [-0.25, -0.2) is 4.98 Å². The standard InChI is InChI=1S/C8H7N3O/c9-7(12)6-4-5-2-1-3-10-8(5)11-6/h1-4H,(H2,9,12)(H,10,11). The summed E-state index contributed by atoms with van der Waals surface area (Å²) in [6, 6.07) is 5.36. The Morgan fingerprint density at radius 1 is 1.58 bits per heavy atom. The van der Waals surface area contributed by atoms with E-state index in [0.717, 1.165) is 5.39 Å². The number of hydrogen-bond donors (Lipinski definition) is 2. The first-order valence-electron chi connectivity index (χ1n) is 3.51. The van der Waals surface area contributed by atoms with Crippen molar-refractivity contribution < 1.29 is 4.79 Å². The molecule has 0 aliphatic heterocycles. The van der Waals surface area contributed by atoms with Crippen molar-refractivity contribution in [2.24, 2.45) is 5.73 Å². The number of carbonyl (C=O) groups excluding carboxylic acids is 1. The normalized spacial score (nSPS) is 10.3. The molecule has 0 aliphatic rings. The van der Waals surface area contributed by atoms with Crippen molar-refractivity contribution in [1.82, 2.24) is 9.97 Å². The van der Waals surface area contributed by atoms with Crippen LogP contribution in [-0.2, 0) is 0 Å². The van der Waals surface area contributed by atoms with E-state index in [1.54, 1.807) is 18.3 Å². The van der Waals surface area contributed by atoms with Crippen LogP contribution in [0.25, 0.3) is 11.0 Å². The van der Waals surface area contributed by atoms with Crippen LogP contribution in [0, 0.1) is 0 Å². The molecule has 3 N–H and O–H groups in total. The van der Waals surface area contributed by atoms with E-state index in [9.17, 15) is 4.79 Å². The van der Waals surface area contributed by atoms with Gasteiger partial charge in [0.1, 0.15) is 11.3 Å². The number of rotatable bonds is 1. The second-order valence-electron chi connectivity index (χ2n) is 2.49. The third-order valence-corrected chi connectivity index (χ3v) is 1.66. The minimum Gasteiger partial charge on any atom is -0.364 e. The molecule has 0 radical (unpaired) electrons. The number of aromatic amines is 1. The molecule has 0 saturated carbocycles. The van der Waals surface area contributed by atoms with Crippen LogP contribution in [0.15, 0.2) is 24.4 Å². The molecule has 0 atom stereocenters. The molecular formula is C8H7N3O. The molecule has 0 saturated heterocycles. The van der Waals surface area contributed by atoms with Gasteiger partial charge in [-0.05, 0) is 18.2 Å². The average Bonchev–Trinajstić information content (AvgIpc) is 2.46. The number of fused-ring (bicyclic) bond motifs is 1. The van der Waals surface area contributed by atoms with Gasteiger partial charge in [-0.1, -0.05) is 0 Å². The van der Waals surface area contributed by atoms with E-state index in [0.29, 0.717) is 11.3 Å². The van der Waals surface area contributed by atoms with Gasteiger partial charge in [0.15, 0.2) is 0 Å². The van der Waals surface area contributed by atoms with Crippen LogP contribution < -0.4 is 5.73 Å². The Labute approximate surface area is 68.4 Å². The Morgan fingerprint density at radius 3 is 3.08 bits per heavy atom. The highest BCUT2D eigenvalue weighted by Gasteiger charge is 2.04. The molecule has 2 rings (SSSR count). The predicted octanol–water partition coefficient (Wildman–Crippen LogP) is 0.662. The van der Waals surface area contributed by atoms with Crippen LogP contribution in [0.4, 0.5) is 0 Å². The maximum absolute atomic E-state index is 10.7. The zero-order valence-electron chi connectivity index (χ0n) is 6.24. The van der Waals surface area contributed by atoms with Crippen LogP contribution in [-0.4, -0.2) is 15.9 Å². The molecule has 4 nitrogen and oxygen atoms in total. The molecule has 0 spiro atoms. The van der Waals surface area contributed by atoms with Gasteiger partial charge in [-0.15, -0.1) is 0 Å². The number of amides is 1. The number of pyridine rings is 1. The zero-order valence-corrected chi connectivity index (χ0v) is 6.24. The van der Waals surface area contributed by atoms with Gasteiger partial charge in [-0.3, -0.25) is 4.79 Å². The van der Waals surface area contributed by atoms with Gasteiger partial charge < -0.3 is 10.7 Å². The average molecular weight is 161 g/mol. The van der Waals surface area contributed by atoms with Gasteiger partial charge in [-0.2, -0.15) is 0 Å². The van der Waals surface area contributed by atoms with E-state index in [4.69, 9.17) is 5.73 Å². The van der Waals surface area contributed by atoms with Gasteiger partial charge in [0, 0.05) is 11.6 Å². The number of hydrogen-bond acceptors (Lipinski definition) is 2. The number of H-pyrrole nitrogens is 1. The van der Waals surface area contributed by atoms with Crippen molar-refractivity contribution in [2.75, 3.05) is 0 Å². The summed E-state index contributed by atoms with van der Waals surface area (Å²) in [4.78, 5) is 17.6. The third-order valence-electron chi connectivity index (χ3n) is 1.66. The van der Waals surface area contributed by atoms with E-state index in [1.165, 1.54) is 0 Å². The number of nitrogens with one attached hydrogen (secondary N) is 1. The maximum Gasteiger partial charge on any atom is 0.265 e. The summed E-state index contributed by atoms with van der Waals surface area (Å²) in [7, 11) is 0. The third kappa shape index (κ3) is 0.934. The van der Waals surface area contributed by atoms with Gasteiger partial charge in [0.25, 0.3) is 5.91 Å². The lowest BCUT2D eigenvalue weighted by molar-refractivity contribution is 0.0996. The Hall–Kier alpha value is -1.84. The first-order chi connectivity index (χ1) is 5.77. The van der Waals surface area contributed by atoms with Crippen molar-refractivity contribution in [1.29, 1.82) is 0 Å². The first kappa shape index (κ1) is 6.84. The number of aromatic nitrogens is 2. The first-order valence-corrected chi connectivity index (χ1v) is 3.51. The molecule has 0 aliphatic carbocycles. The van der Waals surface area contributed by atoms with Crippen LogP contribution in [0.3, 0.4) is 0 Å². The highest BCUT2D eigenvalue weighted by molar-refractivity contribution is 5.96. The topological polar surface area (TPSA) is 71.8 Å². The number of nitrogens with two attached hydrogens (primary N) is 1. The number of carbonyl (C=O) groups is 1. The van der Waals surface area contributed by atoms with Gasteiger partial charge in [0.2, 0.25) is 0 Å². The highest BCUT2D eigenvalue weighted by atomic mass is 16.1. The molecule has 2 heterocycles. The molecule has 2 aromatic rings. The minimum atomic E-state index is -0.465. The van der Waals surface area contributed by atoms with Crippen molar-refractivity contribution >= 4 is 16.9 Å². The Kier molecular flexibility index (Phi) is 1.33. The molecule has 2 aromatic heterocycles. The molecule has 60 valence electrons. The van der Waals surface area contributed by atoms with Crippen LogP contribution >= 0.6 is 0 Å². The summed E-state index contributed by atoms with van der Waals surface area (Å²) in [6.45, 7) is 0. The Bertz CT molecular complexity index is 400. The van der Waals surface area contributed by atoms with Crippen LogP contribution in [0.1, 0.15) is 10.5 Å². The second-order valence-corrected chi connectivity index (χ2v) is 2.49. The molecule has 4 heteroatoms. The monoisotopic (exact) mass is 161 g/mol. The molecule has 12 heavy (non-hydrogen) atoms. The SMILES string of the molecule is NC(=O)c1cc2cccnc2[nH]1. The van der Waals surface area contributed by atoms with Crippen LogP contribution in [0.2, 0.25) is 0 Å². The fraction of sp³-hybridized carbons (Fsp3) is 0. The molecule has 0 fully saturated rings. The number of nitrogens with zero attached hydrogens (tertiary/aromatic N) is 1. The Balaban J connectivity index is 2.70.